The molecule has 2 rings (SSSR count). The quantitative estimate of drug-likeness (QED) is 0.702. The Morgan fingerprint density at radius 2 is 2.05 bits per heavy atom. The van der Waals surface area contributed by atoms with E-state index in [2.05, 4.69) is 10.2 Å². The Morgan fingerprint density at radius 1 is 1.35 bits per heavy atom. The lowest BCUT2D eigenvalue weighted by molar-refractivity contribution is 0.0342. The minimum Gasteiger partial charge on any atom is -0.504 e. The molecular formula is C14H20N2O4. The summed E-state index contributed by atoms with van der Waals surface area (Å²) in [4.78, 5) is 14.3. The highest BCUT2D eigenvalue weighted by molar-refractivity contribution is 5.95. The van der Waals surface area contributed by atoms with E-state index in [4.69, 9.17) is 4.74 Å². The van der Waals surface area contributed by atoms with Gasteiger partial charge in [0.1, 0.15) is 0 Å². The summed E-state index contributed by atoms with van der Waals surface area (Å²) in [6.07, 6.45) is 0. The third-order valence-electron chi connectivity index (χ3n) is 3.25. The lowest BCUT2D eigenvalue weighted by Gasteiger charge is -2.29. The molecule has 20 heavy (non-hydrogen) atoms. The van der Waals surface area contributed by atoms with Gasteiger partial charge in [-0.25, -0.2) is 0 Å². The molecule has 0 bridgehead atoms. The lowest BCUT2D eigenvalue weighted by Crippen LogP contribution is -2.46. The second-order valence-electron chi connectivity index (χ2n) is 4.99. The molecule has 1 saturated heterocycles. The Labute approximate surface area is 118 Å². The van der Waals surface area contributed by atoms with Gasteiger partial charge in [-0.05, 0) is 25.1 Å². The first-order valence-corrected chi connectivity index (χ1v) is 6.69. The highest BCUT2D eigenvalue weighted by Crippen LogP contribution is 2.24. The number of nitrogens with zero attached hydrogens (tertiary/aromatic N) is 1. The van der Waals surface area contributed by atoms with Crippen molar-refractivity contribution in [3.05, 3.63) is 23.8 Å². The first kappa shape index (κ1) is 14.6. The molecular weight excluding hydrogens is 260 g/mol. The van der Waals surface area contributed by atoms with Crippen molar-refractivity contribution in [2.24, 2.45) is 0 Å². The monoisotopic (exact) mass is 280 g/mol. The van der Waals surface area contributed by atoms with Crippen molar-refractivity contribution >= 4 is 5.91 Å². The van der Waals surface area contributed by atoms with Gasteiger partial charge in [-0.3, -0.25) is 9.69 Å². The smallest absolute Gasteiger partial charge is 0.251 e. The van der Waals surface area contributed by atoms with Crippen LogP contribution < -0.4 is 5.32 Å². The van der Waals surface area contributed by atoms with E-state index in [9.17, 15) is 15.0 Å². The van der Waals surface area contributed by atoms with E-state index < -0.39 is 0 Å². The third-order valence-corrected chi connectivity index (χ3v) is 3.25. The van der Waals surface area contributed by atoms with Crippen LogP contribution in [0.5, 0.6) is 11.5 Å². The number of ether oxygens (including phenoxy) is 1. The predicted molar refractivity (Wildman–Crippen MR) is 74.0 cm³/mol. The fourth-order valence-corrected chi connectivity index (χ4v) is 2.19. The molecule has 110 valence electrons. The van der Waals surface area contributed by atoms with Crippen LogP contribution in [-0.2, 0) is 4.74 Å². The number of rotatable bonds is 4. The van der Waals surface area contributed by atoms with E-state index in [0.717, 1.165) is 32.8 Å². The standard InChI is InChI=1S/C14H20N2O4/c1-10(9-16-4-6-20-7-5-16)15-14(19)11-2-3-12(17)13(18)8-11/h2-3,8,10,17-18H,4-7,9H2,1H3,(H,15,19). The summed E-state index contributed by atoms with van der Waals surface area (Å²) in [7, 11) is 0. The minimum atomic E-state index is -0.293. The molecule has 1 aliphatic heterocycles. The number of morpholine rings is 1. The first-order chi connectivity index (χ1) is 9.56. The summed E-state index contributed by atoms with van der Waals surface area (Å²) < 4.78 is 5.28. The van der Waals surface area contributed by atoms with Crippen LogP contribution in [0.4, 0.5) is 0 Å². The lowest BCUT2D eigenvalue weighted by atomic mass is 10.1. The van der Waals surface area contributed by atoms with E-state index in [-0.39, 0.29) is 23.4 Å². The molecule has 6 nitrogen and oxygen atoms in total. The highest BCUT2D eigenvalue weighted by atomic mass is 16.5. The second kappa shape index (κ2) is 6.58. The van der Waals surface area contributed by atoms with E-state index in [1.165, 1.54) is 18.2 Å². The SMILES string of the molecule is CC(CN1CCOCC1)NC(=O)c1ccc(O)c(O)c1. The minimum absolute atomic E-state index is 0.00320. The van der Waals surface area contributed by atoms with Crippen LogP contribution in [0, 0.1) is 0 Å². The second-order valence-corrected chi connectivity index (χ2v) is 4.99. The average Bonchev–Trinajstić information content (AvgIpc) is 2.42. The van der Waals surface area contributed by atoms with Gasteiger partial charge in [0.15, 0.2) is 11.5 Å². The summed E-state index contributed by atoms with van der Waals surface area (Å²) in [6, 6.07) is 4.03. The Hall–Kier alpha value is -1.79. The van der Waals surface area contributed by atoms with Gasteiger partial charge in [-0.15, -0.1) is 0 Å². The molecule has 0 aromatic heterocycles. The molecule has 1 aromatic carbocycles. The van der Waals surface area contributed by atoms with E-state index >= 15 is 0 Å². The first-order valence-electron chi connectivity index (χ1n) is 6.69. The van der Waals surface area contributed by atoms with Gasteiger partial charge in [0.2, 0.25) is 0 Å². The molecule has 0 spiro atoms. The number of carbonyl (C=O) groups is 1. The van der Waals surface area contributed by atoms with Crippen LogP contribution in [-0.4, -0.2) is 59.9 Å². The van der Waals surface area contributed by atoms with Gasteiger partial charge in [-0.2, -0.15) is 0 Å². The zero-order valence-electron chi connectivity index (χ0n) is 11.5. The molecule has 0 saturated carbocycles. The fourth-order valence-electron chi connectivity index (χ4n) is 2.19. The molecule has 1 aliphatic rings. The molecule has 1 atom stereocenters. The van der Waals surface area contributed by atoms with E-state index in [1.807, 2.05) is 6.92 Å². The zero-order chi connectivity index (χ0) is 14.5. The molecule has 1 fully saturated rings. The maximum Gasteiger partial charge on any atom is 0.251 e. The summed E-state index contributed by atoms with van der Waals surface area (Å²) in [5.41, 5.74) is 0.328. The van der Waals surface area contributed by atoms with Crippen molar-refractivity contribution < 1.29 is 19.7 Å². The fraction of sp³-hybridized carbons (Fsp3) is 0.500. The van der Waals surface area contributed by atoms with Crippen molar-refractivity contribution in [2.45, 2.75) is 13.0 Å². The zero-order valence-corrected chi connectivity index (χ0v) is 11.5. The van der Waals surface area contributed by atoms with Crippen LogP contribution in [0.2, 0.25) is 0 Å². The van der Waals surface area contributed by atoms with Crippen LogP contribution in [0.3, 0.4) is 0 Å². The van der Waals surface area contributed by atoms with Crippen LogP contribution in [0.15, 0.2) is 18.2 Å². The van der Waals surface area contributed by atoms with Gasteiger partial charge >= 0.3 is 0 Å². The Morgan fingerprint density at radius 3 is 2.70 bits per heavy atom. The number of benzene rings is 1. The van der Waals surface area contributed by atoms with Gasteiger partial charge in [-0.1, -0.05) is 0 Å². The van der Waals surface area contributed by atoms with Gasteiger partial charge in [0.05, 0.1) is 13.2 Å². The van der Waals surface area contributed by atoms with E-state index in [1.54, 1.807) is 0 Å². The Kier molecular flexibility index (Phi) is 4.81. The van der Waals surface area contributed by atoms with Crippen molar-refractivity contribution in [1.82, 2.24) is 10.2 Å². The molecule has 0 radical (unpaired) electrons. The van der Waals surface area contributed by atoms with Crippen molar-refractivity contribution in [1.29, 1.82) is 0 Å². The normalized spacial score (nSPS) is 17.6. The number of amides is 1. The molecule has 1 aromatic rings. The molecule has 1 heterocycles. The van der Waals surface area contributed by atoms with Crippen LogP contribution >= 0.6 is 0 Å². The Bertz CT molecular complexity index is 472. The molecule has 6 heteroatoms. The topological polar surface area (TPSA) is 82.0 Å². The number of phenols is 2. The van der Waals surface area contributed by atoms with Gasteiger partial charge < -0.3 is 20.3 Å². The summed E-state index contributed by atoms with van der Waals surface area (Å²) in [5, 5.41) is 21.5. The maximum absolute atomic E-state index is 12.0. The van der Waals surface area contributed by atoms with Crippen LogP contribution in [0.25, 0.3) is 0 Å². The van der Waals surface area contributed by atoms with E-state index in [0.29, 0.717) is 5.56 Å². The summed E-state index contributed by atoms with van der Waals surface area (Å²) >= 11 is 0. The number of hydrogen-bond donors (Lipinski definition) is 3. The largest absolute Gasteiger partial charge is 0.504 e. The summed E-state index contributed by atoms with van der Waals surface area (Å²) in [6.45, 7) is 5.91. The van der Waals surface area contributed by atoms with Crippen molar-refractivity contribution in [3.63, 3.8) is 0 Å². The number of aromatic hydroxyl groups is 2. The molecule has 1 amide bonds. The highest BCUT2D eigenvalue weighted by Gasteiger charge is 2.16. The number of phenolic OH excluding ortho intramolecular Hbond substituents is 2. The molecule has 1 unspecified atom stereocenters. The predicted octanol–water partition coefficient (Wildman–Crippen LogP) is 0.548. The summed E-state index contributed by atoms with van der Waals surface area (Å²) in [5.74, 6) is -0.789. The van der Waals surface area contributed by atoms with Crippen molar-refractivity contribution in [2.75, 3.05) is 32.8 Å². The molecule has 0 aliphatic carbocycles. The Balaban J connectivity index is 1.87. The van der Waals surface area contributed by atoms with Crippen LogP contribution in [0.1, 0.15) is 17.3 Å². The number of nitrogens with one attached hydrogen (secondary N) is 1. The number of hydrogen-bond acceptors (Lipinski definition) is 5. The third kappa shape index (κ3) is 3.85. The average molecular weight is 280 g/mol. The van der Waals surface area contributed by atoms with Gasteiger partial charge in [0.25, 0.3) is 5.91 Å². The maximum atomic E-state index is 12.0. The molecule has 3 N–H and O–H groups in total. The van der Waals surface area contributed by atoms with Gasteiger partial charge in [0, 0.05) is 31.2 Å². The van der Waals surface area contributed by atoms with Crippen molar-refractivity contribution in [3.8, 4) is 11.5 Å². The number of carbonyl (C=O) groups excluding carboxylic acids is 1.